The highest BCUT2D eigenvalue weighted by Crippen LogP contribution is 2.35. The van der Waals surface area contributed by atoms with Crippen LogP contribution in [0.4, 0.5) is 0 Å². The molecule has 1 fully saturated rings. The molecule has 130 valence electrons. The van der Waals surface area contributed by atoms with Crippen LogP contribution >= 0.6 is 27.3 Å². The number of para-hydroxylation sites is 1. The van der Waals surface area contributed by atoms with Crippen molar-refractivity contribution in [1.82, 2.24) is 9.29 Å². The summed E-state index contributed by atoms with van der Waals surface area (Å²) in [5.41, 5.74) is 1.03. The molecule has 0 radical (unpaired) electrons. The molecule has 0 amide bonds. The third kappa shape index (κ3) is 3.26. The van der Waals surface area contributed by atoms with Crippen molar-refractivity contribution in [2.75, 3.05) is 13.1 Å². The first kappa shape index (κ1) is 17.1. The Bertz CT molecular complexity index is 976. The number of fused-ring (bicyclic) bond motifs is 1. The Balaban J connectivity index is 1.52. The molecule has 0 bridgehead atoms. The van der Waals surface area contributed by atoms with Gasteiger partial charge in [0.1, 0.15) is 0 Å². The standard InChI is InChI=1S/C18H17BrN2O2S2/c19-14-5-1-4-8-17(14)25(22,23)21-11-9-13(10-12-21)18-20-15-6-2-3-7-16(15)24-18/h1-8,13H,9-12H2. The normalized spacial score (nSPS) is 17.2. The van der Waals surface area contributed by atoms with E-state index in [2.05, 4.69) is 22.0 Å². The lowest BCUT2D eigenvalue weighted by Crippen LogP contribution is -2.38. The Morgan fingerprint density at radius 3 is 2.44 bits per heavy atom. The summed E-state index contributed by atoms with van der Waals surface area (Å²) in [5, 5.41) is 1.12. The Labute approximate surface area is 159 Å². The molecular weight excluding hydrogens is 420 g/mol. The molecule has 1 saturated heterocycles. The molecule has 1 aliphatic heterocycles. The molecule has 0 spiro atoms. The zero-order chi connectivity index (χ0) is 17.4. The maximum Gasteiger partial charge on any atom is 0.244 e. The predicted molar refractivity (Wildman–Crippen MR) is 104 cm³/mol. The third-order valence-corrected chi connectivity index (χ3v) is 8.68. The lowest BCUT2D eigenvalue weighted by molar-refractivity contribution is 0.319. The van der Waals surface area contributed by atoms with Crippen molar-refractivity contribution in [2.45, 2.75) is 23.7 Å². The molecule has 0 unspecified atom stereocenters. The second kappa shape index (κ2) is 6.79. The highest BCUT2D eigenvalue weighted by molar-refractivity contribution is 9.10. The second-order valence-corrected chi connectivity index (χ2v) is 9.95. The van der Waals surface area contributed by atoms with E-state index < -0.39 is 10.0 Å². The van der Waals surface area contributed by atoms with Crippen molar-refractivity contribution in [2.24, 2.45) is 0 Å². The van der Waals surface area contributed by atoms with Crippen LogP contribution in [-0.2, 0) is 10.0 Å². The van der Waals surface area contributed by atoms with Gasteiger partial charge in [0.2, 0.25) is 10.0 Å². The van der Waals surface area contributed by atoms with E-state index in [-0.39, 0.29) is 0 Å². The molecular formula is C18H17BrN2O2S2. The van der Waals surface area contributed by atoms with Gasteiger partial charge in [-0.25, -0.2) is 13.4 Å². The van der Waals surface area contributed by atoms with Gasteiger partial charge in [0.05, 0.1) is 20.1 Å². The smallest absolute Gasteiger partial charge is 0.241 e. The lowest BCUT2D eigenvalue weighted by atomic mass is 9.99. The number of hydrogen-bond donors (Lipinski definition) is 0. The Hall–Kier alpha value is -1.28. The van der Waals surface area contributed by atoms with Crippen LogP contribution in [-0.4, -0.2) is 30.8 Å². The SMILES string of the molecule is O=S(=O)(c1ccccc1Br)N1CCC(c2nc3ccccc3s2)CC1. The van der Waals surface area contributed by atoms with Crippen LogP contribution in [0.5, 0.6) is 0 Å². The number of halogens is 1. The molecule has 1 aromatic heterocycles. The van der Waals surface area contributed by atoms with Crippen LogP contribution in [0.1, 0.15) is 23.8 Å². The molecule has 7 heteroatoms. The highest BCUT2D eigenvalue weighted by Gasteiger charge is 2.32. The minimum Gasteiger partial charge on any atom is -0.241 e. The molecule has 2 heterocycles. The van der Waals surface area contributed by atoms with Gasteiger partial charge < -0.3 is 0 Å². The summed E-state index contributed by atoms with van der Waals surface area (Å²) in [4.78, 5) is 5.08. The predicted octanol–water partition coefficient (Wildman–Crippen LogP) is 4.63. The van der Waals surface area contributed by atoms with Gasteiger partial charge in [-0.1, -0.05) is 24.3 Å². The number of piperidine rings is 1. The molecule has 3 aromatic rings. The van der Waals surface area contributed by atoms with E-state index in [1.165, 1.54) is 4.70 Å². The van der Waals surface area contributed by atoms with E-state index in [1.54, 1.807) is 33.8 Å². The summed E-state index contributed by atoms with van der Waals surface area (Å²) >= 11 is 5.08. The summed E-state index contributed by atoms with van der Waals surface area (Å²) < 4.78 is 29.2. The lowest BCUT2D eigenvalue weighted by Gasteiger charge is -2.30. The maximum absolute atomic E-state index is 12.9. The maximum atomic E-state index is 12.9. The van der Waals surface area contributed by atoms with E-state index in [0.717, 1.165) is 23.4 Å². The number of benzene rings is 2. The van der Waals surface area contributed by atoms with Crippen molar-refractivity contribution < 1.29 is 8.42 Å². The molecule has 0 atom stereocenters. The zero-order valence-electron chi connectivity index (χ0n) is 13.4. The first-order valence-electron chi connectivity index (χ1n) is 8.16. The van der Waals surface area contributed by atoms with Gasteiger partial charge >= 0.3 is 0 Å². The van der Waals surface area contributed by atoms with Gasteiger partial charge in [-0.05, 0) is 53.0 Å². The van der Waals surface area contributed by atoms with Crippen LogP contribution in [0, 0.1) is 0 Å². The number of nitrogens with zero attached hydrogens (tertiary/aromatic N) is 2. The summed E-state index contributed by atoms with van der Waals surface area (Å²) in [6, 6.07) is 15.1. The monoisotopic (exact) mass is 436 g/mol. The molecule has 1 aliphatic rings. The highest BCUT2D eigenvalue weighted by atomic mass is 79.9. The summed E-state index contributed by atoms with van der Waals surface area (Å²) in [5.74, 6) is 0.336. The van der Waals surface area contributed by atoms with E-state index in [0.29, 0.717) is 28.4 Å². The van der Waals surface area contributed by atoms with E-state index in [1.807, 2.05) is 24.3 Å². The molecule has 4 nitrogen and oxygen atoms in total. The Kier molecular flexibility index (Phi) is 4.66. The third-order valence-electron chi connectivity index (χ3n) is 4.57. The number of hydrogen-bond acceptors (Lipinski definition) is 4. The van der Waals surface area contributed by atoms with E-state index in [9.17, 15) is 8.42 Å². The van der Waals surface area contributed by atoms with Crippen LogP contribution in [0.25, 0.3) is 10.2 Å². The first-order chi connectivity index (χ1) is 12.1. The molecule has 0 aliphatic carbocycles. The molecule has 0 saturated carbocycles. The quantitative estimate of drug-likeness (QED) is 0.601. The second-order valence-electron chi connectivity index (χ2n) is 6.13. The van der Waals surface area contributed by atoms with Crippen molar-refractivity contribution in [1.29, 1.82) is 0 Å². The van der Waals surface area contributed by atoms with Gasteiger partial charge in [0.15, 0.2) is 0 Å². The fourth-order valence-electron chi connectivity index (χ4n) is 3.20. The molecule has 0 N–H and O–H groups in total. The molecule has 25 heavy (non-hydrogen) atoms. The fraction of sp³-hybridized carbons (Fsp3) is 0.278. The van der Waals surface area contributed by atoms with Gasteiger partial charge in [-0.15, -0.1) is 11.3 Å². The van der Waals surface area contributed by atoms with Gasteiger partial charge in [0, 0.05) is 23.5 Å². The minimum atomic E-state index is -3.45. The number of thiazole rings is 1. The molecule has 4 rings (SSSR count). The topological polar surface area (TPSA) is 50.3 Å². The number of aromatic nitrogens is 1. The minimum absolute atomic E-state index is 0.336. The van der Waals surface area contributed by atoms with Crippen molar-refractivity contribution in [3.05, 3.63) is 58.0 Å². The summed E-state index contributed by atoms with van der Waals surface area (Å²) in [7, 11) is -3.45. The number of sulfonamides is 1. The van der Waals surface area contributed by atoms with Crippen LogP contribution < -0.4 is 0 Å². The molecule has 2 aromatic carbocycles. The van der Waals surface area contributed by atoms with Crippen molar-refractivity contribution >= 4 is 47.5 Å². The largest absolute Gasteiger partial charge is 0.244 e. The zero-order valence-corrected chi connectivity index (χ0v) is 16.6. The fourth-order valence-corrected chi connectivity index (χ4v) is 6.77. The summed E-state index contributed by atoms with van der Waals surface area (Å²) in [6.07, 6.45) is 1.62. The Morgan fingerprint density at radius 2 is 1.72 bits per heavy atom. The van der Waals surface area contributed by atoms with Crippen LogP contribution in [0.15, 0.2) is 57.9 Å². The van der Waals surface area contributed by atoms with Gasteiger partial charge in [-0.3, -0.25) is 0 Å². The van der Waals surface area contributed by atoms with Gasteiger partial charge in [0.25, 0.3) is 0 Å². The average molecular weight is 437 g/mol. The van der Waals surface area contributed by atoms with E-state index in [4.69, 9.17) is 4.98 Å². The average Bonchev–Trinajstić information content (AvgIpc) is 3.06. The van der Waals surface area contributed by atoms with E-state index >= 15 is 0 Å². The number of rotatable bonds is 3. The van der Waals surface area contributed by atoms with Crippen LogP contribution in [0.3, 0.4) is 0 Å². The van der Waals surface area contributed by atoms with Crippen molar-refractivity contribution in [3.63, 3.8) is 0 Å². The van der Waals surface area contributed by atoms with Gasteiger partial charge in [-0.2, -0.15) is 4.31 Å². The van der Waals surface area contributed by atoms with Crippen LogP contribution in [0.2, 0.25) is 0 Å². The summed E-state index contributed by atoms with van der Waals surface area (Å²) in [6.45, 7) is 1.06. The Morgan fingerprint density at radius 1 is 1.04 bits per heavy atom. The van der Waals surface area contributed by atoms with Crippen molar-refractivity contribution in [3.8, 4) is 0 Å². The first-order valence-corrected chi connectivity index (χ1v) is 11.2.